The van der Waals surface area contributed by atoms with Crippen LogP contribution in [0, 0.1) is 6.92 Å². The van der Waals surface area contributed by atoms with E-state index in [1.807, 2.05) is 27.7 Å². The van der Waals surface area contributed by atoms with Gasteiger partial charge in [0.1, 0.15) is 17.5 Å². The average molecular weight is 258 g/mol. The summed E-state index contributed by atoms with van der Waals surface area (Å²) < 4.78 is 24.5. The Balaban J connectivity index is 3.05. The Labute approximate surface area is 106 Å². The second kappa shape index (κ2) is 6.47. The molecule has 2 N–H and O–H groups in total. The number of nitrogens with one attached hydrogen (secondary N) is 2. The number of halogens is 2. The molecule has 0 aliphatic carbocycles. The Bertz CT molecular complexity index is 394. The number of anilines is 2. The van der Waals surface area contributed by atoms with Gasteiger partial charge in [0.25, 0.3) is 6.43 Å². The number of hydrogen-bond donors (Lipinski definition) is 2. The van der Waals surface area contributed by atoms with Gasteiger partial charge in [0.15, 0.2) is 0 Å². The predicted molar refractivity (Wildman–Crippen MR) is 69.5 cm³/mol. The van der Waals surface area contributed by atoms with Crippen molar-refractivity contribution < 1.29 is 8.78 Å². The van der Waals surface area contributed by atoms with E-state index in [9.17, 15) is 8.78 Å². The maximum absolute atomic E-state index is 12.2. The minimum Gasteiger partial charge on any atom is -0.370 e. The third kappa shape index (κ3) is 3.78. The Kier molecular flexibility index (Phi) is 5.25. The molecule has 102 valence electrons. The maximum atomic E-state index is 12.2. The zero-order chi connectivity index (χ0) is 13.7. The van der Waals surface area contributed by atoms with Crippen molar-refractivity contribution in [3.8, 4) is 0 Å². The standard InChI is InChI=1S/C12H20F2N4/c1-5-15-11-8(4)12(16-6-9(13)14)18-10(17-11)7(2)3/h7,9H,5-6H2,1-4H3,(H2,15,16,17,18). The van der Waals surface area contributed by atoms with Crippen molar-refractivity contribution in [3.63, 3.8) is 0 Å². The summed E-state index contributed by atoms with van der Waals surface area (Å²) in [4.78, 5) is 8.69. The Morgan fingerprint density at radius 1 is 1.11 bits per heavy atom. The minimum absolute atomic E-state index is 0.148. The van der Waals surface area contributed by atoms with Gasteiger partial charge in [0.2, 0.25) is 0 Å². The van der Waals surface area contributed by atoms with Crippen LogP contribution in [0.1, 0.15) is 38.1 Å². The van der Waals surface area contributed by atoms with Gasteiger partial charge in [-0.2, -0.15) is 0 Å². The van der Waals surface area contributed by atoms with Crippen LogP contribution in [0.5, 0.6) is 0 Å². The third-order valence-corrected chi connectivity index (χ3v) is 2.45. The fourth-order valence-corrected chi connectivity index (χ4v) is 1.48. The van der Waals surface area contributed by atoms with Crippen LogP contribution in [-0.2, 0) is 0 Å². The van der Waals surface area contributed by atoms with E-state index in [-0.39, 0.29) is 5.92 Å². The first kappa shape index (κ1) is 14.6. The summed E-state index contributed by atoms with van der Waals surface area (Å²) in [6.45, 7) is 8.04. The lowest BCUT2D eigenvalue weighted by Gasteiger charge is -2.15. The fraction of sp³-hybridized carbons (Fsp3) is 0.667. The van der Waals surface area contributed by atoms with Crippen LogP contribution in [0.4, 0.5) is 20.4 Å². The average Bonchev–Trinajstić information content (AvgIpc) is 2.29. The summed E-state index contributed by atoms with van der Waals surface area (Å²) in [5.41, 5.74) is 0.766. The van der Waals surface area contributed by atoms with Crippen LogP contribution in [0.2, 0.25) is 0 Å². The summed E-state index contributed by atoms with van der Waals surface area (Å²) in [5.74, 6) is 1.97. The number of nitrogens with zero attached hydrogens (tertiary/aromatic N) is 2. The van der Waals surface area contributed by atoms with Gasteiger partial charge in [-0.1, -0.05) is 13.8 Å². The molecule has 0 amide bonds. The molecule has 0 aliphatic heterocycles. The van der Waals surface area contributed by atoms with Gasteiger partial charge < -0.3 is 10.6 Å². The molecule has 0 saturated carbocycles. The monoisotopic (exact) mass is 258 g/mol. The van der Waals surface area contributed by atoms with Gasteiger partial charge in [-0.05, 0) is 13.8 Å². The fourth-order valence-electron chi connectivity index (χ4n) is 1.48. The lowest BCUT2D eigenvalue weighted by Crippen LogP contribution is -2.16. The molecule has 1 heterocycles. The number of alkyl halides is 2. The van der Waals surface area contributed by atoms with E-state index in [1.54, 1.807) is 0 Å². The molecule has 0 saturated heterocycles. The highest BCUT2D eigenvalue weighted by Gasteiger charge is 2.13. The molecule has 4 nitrogen and oxygen atoms in total. The van der Waals surface area contributed by atoms with Gasteiger partial charge in [0, 0.05) is 18.0 Å². The van der Waals surface area contributed by atoms with Crippen molar-refractivity contribution >= 4 is 11.6 Å². The molecular weight excluding hydrogens is 238 g/mol. The molecule has 0 aromatic carbocycles. The van der Waals surface area contributed by atoms with E-state index >= 15 is 0 Å². The lowest BCUT2D eigenvalue weighted by molar-refractivity contribution is 0.163. The molecule has 18 heavy (non-hydrogen) atoms. The smallest absolute Gasteiger partial charge is 0.255 e. The number of rotatable bonds is 6. The second-order valence-electron chi connectivity index (χ2n) is 4.36. The Morgan fingerprint density at radius 3 is 2.11 bits per heavy atom. The molecule has 1 rings (SSSR count). The summed E-state index contributed by atoms with van der Waals surface area (Å²) in [5, 5.41) is 5.79. The molecule has 0 aliphatic rings. The topological polar surface area (TPSA) is 49.8 Å². The van der Waals surface area contributed by atoms with Crippen LogP contribution in [0.25, 0.3) is 0 Å². The van der Waals surface area contributed by atoms with Crippen LogP contribution in [0.3, 0.4) is 0 Å². The molecule has 0 unspecified atom stereocenters. The van der Waals surface area contributed by atoms with Crippen molar-refractivity contribution in [2.45, 2.75) is 40.0 Å². The van der Waals surface area contributed by atoms with Crippen molar-refractivity contribution in [1.29, 1.82) is 0 Å². The van der Waals surface area contributed by atoms with Gasteiger partial charge in [-0.25, -0.2) is 18.7 Å². The van der Waals surface area contributed by atoms with Crippen molar-refractivity contribution in [2.24, 2.45) is 0 Å². The zero-order valence-electron chi connectivity index (χ0n) is 11.2. The second-order valence-corrected chi connectivity index (χ2v) is 4.36. The molecule has 0 atom stereocenters. The molecular formula is C12H20F2N4. The first-order valence-electron chi connectivity index (χ1n) is 6.10. The SMILES string of the molecule is CCNc1nc(C(C)C)nc(NCC(F)F)c1C. The highest BCUT2D eigenvalue weighted by atomic mass is 19.3. The van der Waals surface area contributed by atoms with Gasteiger partial charge in [-0.15, -0.1) is 0 Å². The van der Waals surface area contributed by atoms with E-state index in [0.717, 1.165) is 12.1 Å². The number of aromatic nitrogens is 2. The normalized spacial score (nSPS) is 11.1. The van der Waals surface area contributed by atoms with E-state index in [4.69, 9.17) is 0 Å². The Morgan fingerprint density at radius 2 is 1.67 bits per heavy atom. The van der Waals surface area contributed by atoms with Crippen LogP contribution >= 0.6 is 0 Å². The summed E-state index contributed by atoms with van der Waals surface area (Å²) >= 11 is 0. The number of hydrogen-bond acceptors (Lipinski definition) is 4. The first-order valence-corrected chi connectivity index (χ1v) is 6.10. The Hall–Kier alpha value is -1.46. The van der Waals surface area contributed by atoms with Crippen LogP contribution < -0.4 is 10.6 Å². The van der Waals surface area contributed by atoms with E-state index in [0.29, 0.717) is 17.5 Å². The molecule has 0 fully saturated rings. The largest absolute Gasteiger partial charge is 0.370 e. The van der Waals surface area contributed by atoms with E-state index in [2.05, 4.69) is 20.6 Å². The quantitative estimate of drug-likeness (QED) is 0.823. The van der Waals surface area contributed by atoms with E-state index < -0.39 is 13.0 Å². The molecule has 0 spiro atoms. The van der Waals surface area contributed by atoms with Gasteiger partial charge in [-0.3, -0.25) is 0 Å². The maximum Gasteiger partial charge on any atom is 0.255 e. The summed E-state index contributed by atoms with van der Waals surface area (Å²) in [6.07, 6.45) is -2.40. The molecule has 0 radical (unpaired) electrons. The molecule has 0 bridgehead atoms. The predicted octanol–water partition coefficient (Wildman–Crippen LogP) is 3.02. The molecule has 1 aromatic rings. The molecule has 1 aromatic heterocycles. The summed E-state index contributed by atoms with van der Waals surface area (Å²) in [6, 6.07) is 0. The van der Waals surface area contributed by atoms with Gasteiger partial charge >= 0.3 is 0 Å². The molecule has 6 heteroatoms. The van der Waals surface area contributed by atoms with Crippen molar-refractivity contribution in [1.82, 2.24) is 9.97 Å². The minimum atomic E-state index is -2.40. The third-order valence-electron chi connectivity index (χ3n) is 2.45. The summed E-state index contributed by atoms with van der Waals surface area (Å²) in [7, 11) is 0. The highest BCUT2D eigenvalue weighted by molar-refractivity contribution is 5.57. The highest BCUT2D eigenvalue weighted by Crippen LogP contribution is 2.23. The van der Waals surface area contributed by atoms with Crippen molar-refractivity contribution in [3.05, 3.63) is 11.4 Å². The van der Waals surface area contributed by atoms with Crippen molar-refractivity contribution in [2.75, 3.05) is 23.7 Å². The van der Waals surface area contributed by atoms with Crippen LogP contribution in [0.15, 0.2) is 0 Å². The first-order chi connectivity index (χ1) is 8.45. The zero-order valence-corrected chi connectivity index (χ0v) is 11.2. The van der Waals surface area contributed by atoms with Crippen LogP contribution in [-0.4, -0.2) is 29.5 Å². The van der Waals surface area contributed by atoms with Gasteiger partial charge in [0.05, 0.1) is 6.54 Å². The van der Waals surface area contributed by atoms with E-state index in [1.165, 1.54) is 0 Å². The lowest BCUT2D eigenvalue weighted by atomic mass is 10.2.